The highest BCUT2D eigenvalue weighted by molar-refractivity contribution is 8.01. The smallest absolute Gasteiger partial charge is 0.248 e. The average molecular weight is 456 g/mol. The van der Waals surface area contributed by atoms with Crippen LogP contribution in [0.4, 0.5) is 5.69 Å². The van der Waals surface area contributed by atoms with Gasteiger partial charge >= 0.3 is 0 Å². The van der Waals surface area contributed by atoms with Crippen LogP contribution in [-0.2, 0) is 24.3 Å². The minimum atomic E-state index is -3.81. The lowest BCUT2D eigenvalue weighted by Gasteiger charge is -2.30. The molecule has 9 nitrogen and oxygen atoms in total. The molecule has 11 heteroatoms. The van der Waals surface area contributed by atoms with Crippen LogP contribution in [0, 0.1) is 0 Å². The summed E-state index contributed by atoms with van der Waals surface area (Å²) in [5, 5.41) is 2.79. The number of amides is 2. The van der Waals surface area contributed by atoms with Crippen molar-refractivity contribution < 1.29 is 27.5 Å². The summed E-state index contributed by atoms with van der Waals surface area (Å²) >= 11 is 1.61. The highest BCUT2D eigenvalue weighted by Gasteiger charge is 2.52. The summed E-state index contributed by atoms with van der Waals surface area (Å²) in [6.07, 6.45) is 1.17. The highest BCUT2D eigenvalue weighted by Crippen LogP contribution is 2.47. The molecule has 0 radical (unpaired) electrons. The number of rotatable bonds is 5. The van der Waals surface area contributed by atoms with E-state index in [1.807, 2.05) is 6.92 Å². The van der Waals surface area contributed by atoms with Crippen LogP contribution in [0.15, 0.2) is 23.1 Å². The van der Waals surface area contributed by atoms with Crippen molar-refractivity contribution in [2.24, 2.45) is 0 Å². The van der Waals surface area contributed by atoms with E-state index in [1.54, 1.807) is 22.7 Å². The molecule has 3 aliphatic rings. The molecule has 0 aliphatic carbocycles. The number of carbonyl (C=O) groups is 2. The van der Waals surface area contributed by atoms with Crippen LogP contribution >= 0.6 is 11.8 Å². The molecule has 1 aromatic rings. The van der Waals surface area contributed by atoms with Crippen molar-refractivity contribution in [3.63, 3.8) is 0 Å². The fourth-order valence-electron chi connectivity index (χ4n) is 4.12. The molecule has 2 atom stereocenters. The van der Waals surface area contributed by atoms with Crippen LogP contribution in [0.25, 0.3) is 0 Å². The Balaban J connectivity index is 1.58. The molecule has 0 aromatic heterocycles. The van der Waals surface area contributed by atoms with E-state index in [0.717, 1.165) is 6.42 Å². The largest absolute Gasteiger partial charge is 0.495 e. The number of anilines is 1. The third-order valence-corrected chi connectivity index (χ3v) is 9.19. The first-order valence-electron chi connectivity index (χ1n) is 9.79. The molecule has 2 amide bonds. The van der Waals surface area contributed by atoms with Gasteiger partial charge in [-0.15, -0.1) is 11.8 Å². The predicted octanol–water partition coefficient (Wildman–Crippen LogP) is 1.11. The molecule has 0 spiro atoms. The lowest BCUT2D eigenvalue weighted by atomic mass is 10.2. The van der Waals surface area contributed by atoms with Gasteiger partial charge < -0.3 is 19.7 Å². The zero-order valence-corrected chi connectivity index (χ0v) is 18.6. The minimum absolute atomic E-state index is 0.00687. The second-order valence-electron chi connectivity index (χ2n) is 7.64. The van der Waals surface area contributed by atoms with Gasteiger partial charge in [0.25, 0.3) is 0 Å². The van der Waals surface area contributed by atoms with Crippen LogP contribution in [0.1, 0.15) is 19.8 Å². The summed E-state index contributed by atoms with van der Waals surface area (Å²) in [7, 11) is -2.40. The van der Waals surface area contributed by atoms with Crippen molar-refractivity contribution in [2.75, 3.05) is 44.5 Å². The third kappa shape index (κ3) is 3.68. The highest BCUT2D eigenvalue weighted by atomic mass is 32.2. The molecule has 0 saturated carbocycles. The Hall–Kier alpha value is -1.82. The number of hydrogen-bond acceptors (Lipinski definition) is 7. The second-order valence-corrected chi connectivity index (χ2v) is 11.0. The predicted molar refractivity (Wildman–Crippen MR) is 112 cm³/mol. The fraction of sp³-hybridized carbons (Fsp3) is 0.579. The number of fused-ring (bicyclic) bond motifs is 1. The maximum absolute atomic E-state index is 13.1. The zero-order valence-electron chi connectivity index (χ0n) is 16.9. The Morgan fingerprint density at radius 2 is 2.07 bits per heavy atom. The lowest BCUT2D eigenvalue weighted by molar-refractivity contribution is -0.135. The number of nitrogens with one attached hydrogen (secondary N) is 1. The van der Waals surface area contributed by atoms with Gasteiger partial charge in [0.15, 0.2) is 0 Å². The molecule has 1 aromatic carbocycles. The second kappa shape index (κ2) is 8.03. The Morgan fingerprint density at radius 1 is 1.33 bits per heavy atom. The van der Waals surface area contributed by atoms with Gasteiger partial charge in [-0.3, -0.25) is 9.59 Å². The lowest BCUT2D eigenvalue weighted by Crippen LogP contribution is -2.48. The van der Waals surface area contributed by atoms with E-state index in [-0.39, 0.29) is 40.4 Å². The van der Waals surface area contributed by atoms with Crippen LogP contribution < -0.4 is 10.1 Å². The third-order valence-electron chi connectivity index (χ3n) is 5.77. The summed E-state index contributed by atoms with van der Waals surface area (Å²) in [4.78, 5) is 26.5. The number of hydrogen-bond donors (Lipinski definition) is 1. The van der Waals surface area contributed by atoms with E-state index in [0.29, 0.717) is 31.1 Å². The standard InChI is InChI=1S/C19H25N3O6S2/c1-19-6-5-17(23)22(19)14(12-29-19)18(24)20-13-3-4-15(27-2)16(11-13)30(25,26)21-7-9-28-10-8-21/h3-4,11,14H,5-10,12H2,1-2H3,(H,20,24)/t14-,19+/m0/s1. The van der Waals surface area contributed by atoms with Crippen LogP contribution in [0.5, 0.6) is 5.75 Å². The van der Waals surface area contributed by atoms with E-state index >= 15 is 0 Å². The first kappa shape index (κ1) is 21.4. The zero-order chi connectivity index (χ0) is 21.5. The summed E-state index contributed by atoms with van der Waals surface area (Å²) in [6.45, 7) is 3.17. The summed E-state index contributed by atoms with van der Waals surface area (Å²) in [5.74, 6) is 0.385. The van der Waals surface area contributed by atoms with Gasteiger partial charge in [0.1, 0.15) is 16.7 Å². The van der Waals surface area contributed by atoms with Crippen molar-refractivity contribution in [1.82, 2.24) is 9.21 Å². The van der Waals surface area contributed by atoms with Gasteiger partial charge in [-0.05, 0) is 31.5 Å². The van der Waals surface area contributed by atoms with Gasteiger partial charge in [0.2, 0.25) is 21.8 Å². The molecule has 4 rings (SSSR count). The molecule has 3 fully saturated rings. The number of methoxy groups -OCH3 is 1. The van der Waals surface area contributed by atoms with E-state index in [4.69, 9.17) is 9.47 Å². The quantitative estimate of drug-likeness (QED) is 0.709. The first-order valence-corrected chi connectivity index (χ1v) is 12.2. The molecule has 3 heterocycles. The van der Waals surface area contributed by atoms with Gasteiger partial charge in [-0.2, -0.15) is 4.31 Å². The SMILES string of the molecule is COc1ccc(NC(=O)[C@@H]2CS[C@]3(C)CCC(=O)N23)cc1S(=O)(=O)N1CCOCC1. The molecule has 3 aliphatic heterocycles. The Bertz CT molecular complexity index is 963. The monoisotopic (exact) mass is 455 g/mol. The van der Waals surface area contributed by atoms with E-state index in [2.05, 4.69) is 5.32 Å². The van der Waals surface area contributed by atoms with Crippen LogP contribution in [0.2, 0.25) is 0 Å². The van der Waals surface area contributed by atoms with E-state index in [1.165, 1.54) is 23.5 Å². The number of carbonyl (C=O) groups excluding carboxylic acids is 2. The molecular weight excluding hydrogens is 430 g/mol. The van der Waals surface area contributed by atoms with Crippen LogP contribution in [-0.4, -0.2) is 79.5 Å². The van der Waals surface area contributed by atoms with E-state index < -0.39 is 16.1 Å². The van der Waals surface area contributed by atoms with Crippen molar-refractivity contribution in [3.8, 4) is 5.75 Å². The van der Waals surface area contributed by atoms with Crippen molar-refractivity contribution >= 4 is 39.3 Å². The van der Waals surface area contributed by atoms with Gasteiger partial charge in [-0.25, -0.2) is 8.42 Å². The Morgan fingerprint density at radius 3 is 2.77 bits per heavy atom. The van der Waals surface area contributed by atoms with Gasteiger partial charge in [0.05, 0.1) is 25.2 Å². The molecule has 1 N–H and O–H groups in total. The maximum atomic E-state index is 13.1. The Kier molecular flexibility index (Phi) is 5.73. The number of nitrogens with zero attached hydrogens (tertiary/aromatic N) is 2. The summed E-state index contributed by atoms with van der Waals surface area (Å²) < 4.78 is 38.1. The van der Waals surface area contributed by atoms with Crippen molar-refractivity contribution in [3.05, 3.63) is 18.2 Å². The number of morpholine rings is 1. The van der Waals surface area contributed by atoms with Crippen LogP contribution in [0.3, 0.4) is 0 Å². The molecule has 0 bridgehead atoms. The Labute approximate surface area is 180 Å². The van der Waals surface area contributed by atoms with E-state index in [9.17, 15) is 18.0 Å². The normalized spacial score (nSPS) is 27.2. The summed E-state index contributed by atoms with van der Waals surface area (Å²) in [6, 6.07) is 3.96. The van der Waals surface area contributed by atoms with Gasteiger partial charge in [0, 0.05) is 31.0 Å². The molecule has 164 valence electrons. The molecule has 30 heavy (non-hydrogen) atoms. The number of ether oxygens (including phenoxy) is 2. The number of benzene rings is 1. The molecule has 0 unspecified atom stereocenters. The maximum Gasteiger partial charge on any atom is 0.248 e. The molecule has 3 saturated heterocycles. The summed E-state index contributed by atoms with van der Waals surface area (Å²) in [5.41, 5.74) is 0.345. The van der Waals surface area contributed by atoms with Crippen molar-refractivity contribution in [2.45, 2.75) is 35.6 Å². The molecular formula is C19H25N3O6S2. The fourth-order valence-corrected chi connectivity index (χ4v) is 7.14. The minimum Gasteiger partial charge on any atom is -0.495 e. The van der Waals surface area contributed by atoms with Crippen molar-refractivity contribution in [1.29, 1.82) is 0 Å². The number of sulfonamides is 1. The number of thioether (sulfide) groups is 1. The topological polar surface area (TPSA) is 105 Å². The average Bonchev–Trinajstić information content (AvgIpc) is 3.24. The first-order chi connectivity index (χ1) is 14.3. The van der Waals surface area contributed by atoms with Gasteiger partial charge in [-0.1, -0.05) is 0 Å².